The highest BCUT2D eigenvalue weighted by Gasteiger charge is 2.16. The van der Waals surface area contributed by atoms with Gasteiger partial charge in [-0.05, 0) is 56.5 Å². The molecule has 0 radical (unpaired) electrons. The molecule has 0 aliphatic rings. The molecule has 4 N–H and O–H groups in total. The van der Waals surface area contributed by atoms with Gasteiger partial charge in [0, 0.05) is 11.3 Å². The van der Waals surface area contributed by atoms with Gasteiger partial charge in [-0.2, -0.15) is 0 Å². The van der Waals surface area contributed by atoms with Crippen molar-refractivity contribution in [2.45, 2.75) is 32.6 Å². The number of rotatable bonds is 5. The largest absolute Gasteiger partial charge is 0.343 e. The monoisotopic (exact) mass is 389 g/mol. The van der Waals surface area contributed by atoms with E-state index in [1.807, 2.05) is 32.9 Å². The molecule has 8 heteroatoms. The number of carbonyl (C=O) groups is 2. The molecule has 2 rings (SSSR count). The van der Waals surface area contributed by atoms with E-state index in [1.54, 1.807) is 6.92 Å². The minimum absolute atomic E-state index is 0.150. The van der Waals surface area contributed by atoms with Crippen molar-refractivity contribution in [2.75, 3.05) is 11.9 Å². The third-order valence-corrected chi connectivity index (χ3v) is 5.04. The van der Waals surface area contributed by atoms with Gasteiger partial charge in [-0.15, -0.1) is 0 Å². The van der Waals surface area contributed by atoms with E-state index in [2.05, 4.69) is 10.6 Å². The van der Waals surface area contributed by atoms with E-state index in [-0.39, 0.29) is 22.9 Å². The number of hydrogen-bond donors (Lipinski definition) is 3. The Morgan fingerprint density at radius 2 is 1.56 bits per heavy atom. The van der Waals surface area contributed by atoms with Crippen LogP contribution in [0.1, 0.15) is 32.6 Å². The van der Waals surface area contributed by atoms with Crippen LogP contribution in [0, 0.1) is 27.7 Å². The van der Waals surface area contributed by atoms with Gasteiger partial charge in [-0.25, -0.2) is 13.6 Å². The Hall–Kier alpha value is -2.71. The summed E-state index contributed by atoms with van der Waals surface area (Å²) in [6.45, 7) is 7.20. The maximum Gasteiger partial charge on any atom is 0.252 e. The number of primary sulfonamides is 1. The lowest BCUT2D eigenvalue weighted by molar-refractivity contribution is -0.115. The fourth-order valence-corrected chi connectivity index (χ4v) is 3.38. The van der Waals surface area contributed by atoms with Crippen LogP contribution in [-0.4, -0.2) is 26.8 Å². The maximum atomic E-state index is 12.4. The number of benzene rings is 2. The van der Waals surface area contributed by atoms with Crippen LogP contribution >= 0.6 is 0 Å². The van der Waals surface area contributed by atoms with Gasteiger partial charge in [-0.1, -0.05) is 23.8 Å². The molecule has 0 aliphatic heterocycles. The molecule has 0 spiro atoms. The first-order valence-electron chi connectivity index (χ1n) is 8.28. The summed E-state index contributed by atoms with van der Waals surface area (Å²) in [5.41, 5.74) is 4.41. The lowest BCUT2D eigenvalue weighted by Gasteiger charge is -2.13. The van der Waals surface area contributed by atoms with E-state index < -0.39 is 15.9 Å². The van der Waals surface area contributed by atoms with Crippen LogP contribution in [-0.2, 0) is 14.8 Å². The molecule has 0 bridgehead atoms. The van der Waals surface area contributed by atoms with Crippen LogP contribution in [0.2, 0.25) is 0 Å². The Bertz CT molecular complexity index is 991. The van der Waals surface area contributed by atoms with Gasteiger partial charge in [-0.3, -0.25) is 9.59 Å². The van der Waals surface area contributed by atoms with Crippen molar-refractivity contribution in [2.24, 2.45) is 5.14 Å². The first-order valence-corrected chi connectivity index (χ1v) is 9.83. The fraction of sp³-hybridized carbons (Fsp3) is 0.263. The van der Waals surface area contributed by atoms with E-state index in [0.717, 1.165) is 16.7 Å². The number of carbonyl (C=O) groups excluding carboxylic acids is 2. The Balaban J connectivity index is 2.09. The number of sulfonamides is 1. The van der Waals surface area contributed by atoms with Gasteiger partial charge in [0.25, 0.3) is 5.91 Å². The van der Waals surface area contributed by atoms with Gasteiger partial charge in [0.15, 0.2) is 0 Å². The highest BCUT2D eigenvalue weighted by atomic mass is 32.2. The van der Waals surface area contributed by atoms with E-state index in [9.17, 15) is 18.0 Å². The summed E-state index contributed by atoms with van der Waals surface area (Å²) in [4.78, 5) is 24.4. The van der Waals surface area contributed by atoms with Crippen LogP contribution in [0.15, 0.2) is 35.2 Å². The van der Waals surface area contributed by atoms with Gasteiger partial charge in [0.05, 0.1) is 11.4 Å². The number of hydrogen-bond acceptors (Lipinski definition) is 4. The quantitative estimate of drug-likeness (QED) is 0.724. The summed E-state index contributed by atoms with van der Waals surface area (Å²) in [6, 6.07) is 7.95. The van der Waals surface area contributed by atoms with Gasteiger partial charge in [0.2, 0.25) is 15.9 Å². The molecule has 2 amide bonds. The van der Waals surface area contributed by atoms with Crippen molar-refractivity contribution in [3.05, 3.63) is 58.1 Å². The van der Waals surface area contributed by atoms with Crippen LogP contribution in [0.3, 0.4) is 0 Å². The molecule has 0 heterocycles. The number of nitrogens with one attached hydrogen (secondary N) is 2. The summed E-state index contributed by atoms with van der Waals surface area (Å²) >= 11 is 0. The number of aryl methyl sites for hydroxylation is 4. The third-order valence-electron chi connectivity index (χ3n) is 4.13. The smallest absolute Gasteiger partial charge is 0.252 e. The van der Waals surface area contributed by atoms with Crippen molar-refractivity contribution in [1.29, 1.82) is 0 Å². The first-order chi connectivity index (χ1) is 12.5. The van der Waals surface area contributed by atoms with E-state index in [4.69, 9.17) is 5.14 Å². The molecule has 0 fully saturated rings. The molecule has 0 saturated heterocycles. The van der Waals surface area contributed by atoms with Crippen LogP contribution in [0.4, 0.5) is 5.69 Å². The predicted octanol–water partition coefficient (Wildman–Crippen LogP) is 1.94. The second kappa shape index (κ2) is 7.89. The molecule has 0 atom stereocenters. The first kappa shape index (κ1) is 20.6. The Labute approximate surface area is 159 Å². The molecule has 0 saturated carbocycles. The number of nitrogens with two attached hydrogens (primary N) is 1. The molecule has 0 aromatic heterocycles. The molecule has 7 nitrogen and oxygen atoms in total. The second-order valence-electron chi connectivity index (χ2n) is 6.53. The van der Waals surface area contributed by atoms with Crippen molar-refractivity contribution < 1.29 is 18.0 Å². The molecular weight excluding hydrogens is 366 g/mol. The predicted molar refractivity (Wildman–Crippen MR) is 104 cm³/mol. The zero-order chi connectivity index (χ0) is 20.4. The Kier molecular flexibility index (Phi) is 6.02. The SMILES string of the molecule is Cc1cc(C)c(NC(=O)CNC(=O)c2cc(S(N)(=O)=O)ccc2C)c(C)c1. The van der Waals surface area contributed by atoms with Gasteiger partial charge in [0.1, 0.15) is 0 Å². The summed E-state index contributed by atoms with van der Waals surface area (Å²) in [5.74, 6) is -0.927. The fourth-order valence-electron chi connectivity index (χ4n) is 2.84. The molecule has 0 unspecified atom stereocenters. The van der Waals surface area contributed by atoms with Crippen molar-refractivity contribution in [3.8, 4) is 0 Å². The number of anilines is 1. The highest BCUT2D eigenvalue weighted by molar-refractivity contribution is 7.89. The summed E-state index contributed by atoms with van der Waals surface area (Å²) in [5, 5.41) is 10.4. The van der Waals surface area contributed by atoms with E-state index in [0.29, 0.717) is 11.3 Å². The van der Waals surface area contributed by atoms with Crippen molar-refractivity contribution in [3.63, 3.8) is 0 Å². The molecule has 2 aromatic rings. The van der Waals surface area contributed by atoms with Crippen LogP contribution in [0.5, 0.6) is 0 Å². The Morgan fingerprint density at radius 3 is 2.11 bits per heavy atom. The number of amides is 2. The van der Waals surface area contributed by atoms with E-state index >= 15 is 0 Å². The van der Waals surface area contributed by atoms with E-state index in [1.165, 1.54) is 18.2 Å². The van der Waals surface area contributed by atoms with Crippen molar-refractivity contribution >= 4 is 27.5 Å². The summed E-state index contributed by atoms with van der Waals surface area (Å²) in [6.07, 6.45) is 0. The zero-order valence-corrected chi connectivity index (χ0v) is 16.5. The maximum absolute atomic E-state index is 12.4. The second-order valence-corrected chi connectivity index (χ2v) is 8.09. The minimum atomic E-state index is -3.92. The van der Waals surface area contributed by atoms with Crippen molar-refractivity contribution in [1.82, 2.24) is 5.32 Å². The molecule has 144 valence electrons. The minimum Gasteiger partial charge on any atom is -0.343 e. The lowest BCUT2D eigenvalue weighted by Crippen LogP contribution is -2.33. The van der Waals surface area contributed by atoms with Crippen LogP contribution in [0.25, 0.3) is 0 Å². The third kappa shape index (κ3) is 5.15. The average molecular weight is 389 g/mol. The summed E-state index contributed by atoms with van der Waals surface area (Å²) in [7, 11) is -3.92. The average Bonchev–Trinajstić information content (AvgIpc) is 2.55. The lowest BCUT2D eigenvalue weighted by atomic mass is 10.1. The normalized spacial score (nSPS) is 11.1. The van der Waals surface area contributed by atoms with Gasteiger partial charge < -0.3 is 10.6 Å². The molecule has 2 aromatic carbocycles. The molecule has 27 heavy (non-hydrogen) atoms. The standard InChI is InChI=1S/C19H23N3O4S/c1-11-7-13(3)18(14(4)8-11)22-17(23)10-21-19(24)16-9-15(27(20,25)26)6-5-12(16)2/h5-9H,10H2,1-4H3,(H,21,24)(H,22,23)(H2,20,25,26). The summed E-state index contributed by atoms with van der Waals surface area (Å²) < 4.78 is 22.9. The molecule has 0 aliphatic carbocycles. The topological polar surface area (TPSA) is 118 Å². The molecular formula is C19H23N3O4S. The zero-order valence-electron chi connectivity index (χ0n) is 15.7. The highest BCUT2D eigenvalue weighted by Crippen LogP contribution is 2.21. The van der Waals surface area contributed by atoms with Gasteiger partial charge >= 0.3 is 0 Å². The Morgan fingerprint density at radius 1 is 0.963 bits per heavy atom. The van der Waals surface area contributed by atoms with Crippen LogP contribution < -0.4 is 15.8 Å².